The van der Waals surface area contributed by atoms with Gasteiger partial charge in [-0.15, -0.1) is 23.1 Å². The van der Waals surface area contributed by atoms with E-state index < -0.39 is 0 Å². The van der Waals surface area contributed by atoms with Crippen molar-refractivity contribution in [1.82, 2.24) is 10.3 Å². The number of nitrogens with zero attached hydrogens (tertiary/aromatic N) is 1. The van der Waals surface area contributed by atoms with Gasteiger partial charge in [0.2, 0.25) is 0 Å². The lowest BCUT2D eigenvalue weighted by molar-refractivity contribution is 0.0951. The van der Waals surface area contributed by atoms with Gasteiger partial charge in [0.15, 0.2) is 0 Å². The lowest BCUT2D eigenvalue weighted by Gasteiger charge is -2.09. The Bertz CT molecular complexity index is 773. The van der Waals surface area contributed by atoms with E-state index in [0.717, 1.165) is 28.3 Å². The highest BCUT2D eigenvalue weighted by Crippen LogP contribution is 2.27. The SMILES string of the molecule is O=C(NCCc1ccccn1)c1ccccc1SCc1cccs1. The van der Waals surface area contributed by atoms with Crippen LogP contribution in [-0.4, -0.2) is 17.4 Å². The number of aromatic nitrogens is 1. The normalized spacial score (nSPS) is 10.5. The van der Waals surface area contributed by atoms with Gasteiger partial charge in [0.25, 0.3) is 5.91 Å². The van der Waals surface area contributed by atoms with Gasteiger partial charge in [-0.1, -0.05) is 24.3 Å². The van der Waals surface area contributed by atoms with Crippen LogP contribution in [0.2, 0.25) is 0 Å². The van der Waals surface area contributed by atoms with E-state index >= 15 is 0 Å². The standard InChI is InChI=1S/C19H18N2OS2/c22-19(21-12-10-15-6-3-4-11-20-15)17-8-1-2-9-18(17)24-14-16-7-5-13-23-16/h1-9,11,13H,10,12,14H2,(H,21,22). The van der Waals surface area contributed by atoms with Crippen LogP contribution in [-0.2, 0) is 12.2 Å². The monoisotopic (exact) mass is 354 g/mol. The zero-order valence-corrected chi connectivity index (χ0v) is 14.8. The van der Waals surface area contributed by atoms with Crippen LogP contribution in [0, 0.1) is 0 Å². The summed E-state index contributed by atoms with van der Waals surface area (Å²) in [6.45, 7) is 0.583. The molecule has 1 N–H and O–H groups in total. The van der Waals surface area contributed by atoms with Crippen LogP contribution in [0.4, 0.5) is 0 Å². The Kier molecular flexibility index (Phi) is 6.04. The fourth-order valence-corrected chi connectivity index (χ4v) is 4.09. The quantitative estimate of drug-likeness (QED) is 0.639. The minimum atomic E-state index is -0.0276. The molecule has 0 radical (unpaired) electrons. The predicted octanol–water partition coefficient (Wildman–Crippen LogP) is 4.41. The second-order valence-electron chi connectivity index (χ2n) is 5.19. The van der Waals surface area contributed by atoms with Crippen molar-refractivity contribution in [3.63, 3.8) is 0 Å². The van der Waals surface area contributed by atoms with Crippen molar-refractivity contribution in [2.24, 2.45) is 0 Å². The third-order valence-corrected chi connectivity index (χ3v) is 5.66. The molecule has 3 aromatic rings. The summed E-state index contributed by atoms with van der Waals surface area (Å²) in [4.78, 5) is 19.1. The fourth-order valence-electron chi connectivity index (χ4n) is 2.27. The van der Waals surface area contributed by atoms with Crippen LogP contribution in [0.25, 0.3) is 0 Å². The smallest absolute Gasteiger partial charge is 0.252 e. The first-order valence-electron chi connectivity index (χ1n) is 7.75. The number of thiophene rings is 1. The van der Waals surface area contributed by atoms with Gasteiger partial charge in [0.1, 0.15) is 0 Å². The van der Waals surface area contributed by atoms with E-state index in [1.807, 2.05) is 42.5 Å². The molecule has 24 heavy (non-hydrogen) atoms. The lowest BCUT2D eigenvalue weighted by Crippen LogP contribution is -2.26. The highest BCUT2D eigenvalue weighted by atomic mass is 32.2. The molecule has 3 nitrogen and oxygen atoms in total. The maximum atomic E-state index is 12.5. The molecule has 5 heteroatoms. The molecule has 1 aromatic carbocycles. The summed E-state index contributed by atoms with van der Waals surface area (Å²) in [5.74, 6) is 0.857. The number of carbonyl (C=O) groups excluding carboxylic acids is 1. The average Bonchev–Trinajstić information content (AvgIpc) is 3.14. The molecule has 0 unspecified atom stereocenters. The molecule has 3 rings (SSSR count). The number of hydrogen-bond donors (Lipinski definition) is 1. The number of carbonyl (C=O) groups is 1. The number of benzene rings is 1. The van der Waals surface area contributed by atoms with Crippen LogP contribution in [0.3, 0.4) is 0 Å². The number of rotatable bonds is 7. The van der Waals surface area contributed by atoms with E-state index in [1.54, 1.807) is 29.3 Å². The third kappa shape index (κ3) is 4.69. The van der Waals surface area contributed by atoms with E-state index in [0.29, 0.717) is 6.54 Å². The van der Waals surface area contributed by atoms with Crippen molar-refractivity contribution in [3.8, 4) is 0 Å². The maximum absolute atomic E-state index is 12.5. The predicted molar refractivity (Wildman–Crippen MR) is 101 cm³/mol. The summed E-state index contributed by atoms with van der Waals surface area (Å²) in [7, 11) is 0. The Balaban J connectivity index is 1.57. The Labute approximate surface area is 150 Å². The molecule has 122 valence electrons. The summed E-state index contributed by atoms with van der Waals surface area (Å²) in [6, 6.07) is 17.8. The summed E-state index contributed by atoms with van der Waals surface area (Å²) in [5.41, 5.74) is 1.72. The van der Waals surface area contributed by atoms with Crippen molar-refractivity contribution in [3.05, 3.63) is 82.3 Å². The first-order chi connectivity index (χ1) is 11.8. The van der Waals surface area contributed by atoms with Gasteiger partial charge in [0.05, 0.1) is 5.56 Å². The van der Waals surface area contributed by atoms with Gasteiger partial charge >= 0.3 is 0 Å². The summed E-state index contributed by atoms with van der Waals surface area (Å²) in [5, 5.41) is 5.07. The summed E-state index contributed by atoms with van der Waals surface area (Å²) >= 11 is 3.44. The van der Waals surface area contributed by atoms with Crippen LogP contribution in [0.5, 0.6) is 0 Å². The molecule has 0 fully saturated rings. The van der Waals surface area contributed by atoms with Gasteiger partial charge in [-0.2, -0.15) is 0 Å². The van der Waals surface area contributed by atoms with Crippen LogP contribution in [0.15, 0.2) is 71.1 Å². The molecule has 0 aliphatic heterocycles. The van der Waals surface area contributed by atoms with Crippen LogP contribution >= 0.6 is 23.1 Å². The van der Waals surface area contributed by atoms with E-state index in [9.17, 15) is 4.79 Å². The largest absolute Gasteiger partial charge is 0.352 e. The second kappa shape index (κ2) is 8.66. The molecular formula is C19H18N2OS2. The van der Waals surface area contributed by atoms with E-state index in [1.165, 1.54) is 4.88 Å². The third-order valence-electron chi connectivity index (χ3n) is 3.47. The topological polar surface area (TPSA) is 42.0 Å². The number of amides is 1. The van der Waals surface area contributed by atoms with Crippen molar-refractivity contribution in [2.45, 2.75) is 17.1 Å². The average molecular weight is 355 g/mol. The molecule has 0 saturated carbocycles. The molecule has 1 amide bonds. The Morgan fingerprint density at radius 2 is 1.96 bits per heavy atom. The van der Waals surface area contributed by atoms with Gasteiger partial charge < -0.3 is 5.32 Å². The van der Waals surface area contributed by atoms with E-state index in [4.69, 9.17) is 0 Å². The van der Waals surface area contributed by atoms with Gasteiger partial charge in [-0.05, 0) is 35.7 Å². The highest BCUT2D eigenvalue weighted by Gasteiger charge is 2.11. The minimum Gasteiger partial charge on any atom is -0.352 e. The maximum Gasteiger partial charge on any atom is 0.252 e. The zero-order valence-electron chi connectivity index (χ0n) is 13.1. The minimum absolute atomic E-state index is 0.0276. The van der Waals surface area contributed by atoms with Gasteiger partial charge in [0, 0.05) is 40.4 Å². The molecule has 0 saturated heterocycles. The second-order valence-corrected chi connectivity index (χ2v) is 7.24. The Morgan fingerprint density at radius 3 is 2.75 bits per heavy atom. The molecule has 2 heterocycles. The van der Waals surface area contributed by atoms with Crippen molar-refractivity contribution in [2.75, 3.05) is 6.54 Å². The molecular weight excluding hydrogens is 336 g/mol. The summed E-state index contributed by atoms with van der Waals surface area (Å²) in [6.07, 6.45) is 2.50. The number of hydrogen-bond acceptors (Lipinski definition) is 4. The van der Waals surface area contributed by atoms with Crippen molar-refractivity contribution >= 4 is 29.0 Å². The highest BCUT2D eigenvalue weighted by molar-refractivity contribution is 7.98. The lowest BCUT2D eigenvalue weighted by atomic mass is 10.2. The van der Waals surface area contributed by atoms with Crippen molar-refractivity contribution < 1.29 is 4.79 Å². The van der Waals surface area contributed by atoms with E-state index in [2.05, 4.69) is 27.8 Å². The van der Waals surface area contributed by atoms with E-state index in [-0.39, 0.29) is 5.91 Å². The molecule has 0 aliphatic rings. The number of thioether (sulfide) groups is 1. The molecule has 2 aromatic heterocycles. The Hall–Kier alpha value is -2.11. The van der Waals surface area contributed by atoms with Gasteiger partial charge in [-0.25, -0.2) is 0 Å². The molecule has 0 spiro atoms. The van der Waals surface area contributed by atoms with Crippen LogP contribution in [0.1, 0.15) is 20.9 Å². The zero-order chi connectivity index (χ0) is 16.6. The molecule has 0 aliphatic carbocycles. The number of nitrogens with one attached hydrogen (secondary N) is 1. The first-order valence-corrected chi connectivity index (χ1v) is 9.62. The molecule has 0 atom stereocenters. The molecule has 0 bridgehead atoms. The Morgan fingerprint density at radius 1 is 1.08 bits per heavy atom. The fraction of sp³-hybridized carbons (Fsp3) is 0.158. The summed E-state index contributed by atoms with van der Waals surface area (Å²) < 4.78 is 0. The first kappa shape index (κ1) is 16.7. The van der Waals surface area contributed by atoms with Gasteiger partial charge in [-0.3, -0.25) is 9.78 Å². The van der Waals surface area contributed by atoms with Crippen molar-refractivity contribution in [1.29, 1.82) is 0 Å². The van der Waals surface area contributed by atoms with Crippen LogP contribution < -0.4 is 5.32 Å². The number of pyridine rings is 1.